The van der Waals surface area contributed by atoms with Gasteiger partial charge in [0.05, 0.1) is 0 Å². The van der Waals surface area contributed by atoms with Crippen molar-refractivity contribution in [3.8, 4) is 0 Å². The first-order chi connectivity index (χ1) is 1.91. The van der Waals surface area contributed by atoms with Crippen LogP contribution in [0, 0.1) is 0 Å². The third kappa shape index (κ3) is 2.84. The molecule has 0 saturated heterocycles. The molecule has 0 spiro atoms. The van der Waals surface area contributed by atoms with E-state index >= 15 is 0 Å². The molecule has 0 amide bonds. The standard InChI is InChI=1S/C2H5O.Zr/c1-2-3;/h2H2,1H3;/q-1;+1. The predicted octanol–water partition coefficient (Wildman–Crippen LogP) is 0.485. The zero-order valence-electron chi connectivity index (χ0n) is 2.62. The molecule has 0 atom stereocenters. The van der Waals surface area contributed by atoms with E-state index in [-0.39, 0.29) is 0 Å². The van der Waals surface area contributed by atoms with Crippen LogP contribution in [0.3, 0.4) is 0 Å². The average Bonchev–Trinajstić information content (AvgIpc) is 1.37. The fourth-order valence-corrected chi connectivity index (χ4v) is 0. The topological polar surface area (TPSA) is 9.23 Å². The number of rotatable bonds is 1. The van der Waals surface area contributed by atoms with Crippen molar-refractivity contribution in [2.45, 2.75) is 6.92 Å². The average molecular weight is 136 g/mol. The van der Waals surface area contributed by atoms with Gasteiger partial charge in [-0.1, -0.05) is 0 Å². The zero-order valence-corrected chi connectivity index (χ0v) is 5.07. The van der Waals surface area contributed by atoms with Crippen molar-refractivity contribution in [3.63, 3.8) is 0 Å². The second-order valence-corrected chi connectivity index (χ2v) is 1.14. The maximum atomic E-state index is 4.63. The van der Waals surface area contributed by atoms with Gasteiger partial charge in [0.1, 0.15) is 0 Å². The van der Waals surface area contributed by atoms with Crippen molar-refractivity contribution in [3.05, 3.63) is 0 Å². The van der Waals surface area contributed by atoms with Crippen molar-refractivity contribution in [1.82, 2.24) is 0 Å². The first kappa shape index (κ1) is 4.84. The van der Waals surface area contributed by atoms with Gasteiger partial charge in [0.15, 0.2) is 0 Å². The molecule has 0 rings (SSSR count). The van der Waals surface area contributed by atoms with Gasteiger partial charge in [-0.15, -0.1) is 0 Å². The first-order valence-corrected chi connectivity index (χ1v) is 2.20. The first-order valence-electron chi connectivity index (χ1n) is 1.20. The Morgan fingerprint density at radius 1 is 2.00 bits per heavy atom. The van der Waals surface area contributed by atoms with Crippen molar-refractivity contribution < 1.29 is 28.0 Å². The molecule has 1 nitrogen and oxygen atoms in total. The summed E-state index contributed by atoms with van der Waals surface area (Å²) in [4.78, 5) is 0. The second kappa shape index (κ2) is 3.84. The summed E-state index contributed by atoms with van der Waals surface area (Å²) >= 11 is 1.17. The van der Waals surface area contributed by atoms with Crippen LogP contribution in [-0.2, 0) is 28.0 Å². The number of hydrogen-bond donors (Lipinski definition) is 0. The molecule has 0 N–H and O–H groups in total. The molecule has 0 aromatic rings. The molecule has 0 unspecified atom stereocenters. The third-order valence-electron chi connectivity index (χ3n) is 0.144. The van der Waals surface area contributed by atoms with Crippen LogP contribution in [0.1, 0.15) is 6.92 Å². The van der Waals surface area contributed by atoms with Crippen LogP contribution in [0.4, 0.5) is 0 Å². The van der Waals surface area contributed by atoms with Gasteiger partial charge in [0.25, 0.3) is 0 Å². The monoisotopic (exact) mass is 135 g/mol. The van der Waals surface area contributed by atoms with Gasteiger partial charge in [-0.25, -0.2) is 0 Å². The molecule has 0 aliphatic heterocycles. The second-order valence-electron chi connectivity index (χ2n) is 0.433. The van der Waals surface area contributed by atoms with Gasteiger partial charge in [-0.3, -0.25) is 0 Å². The van der Waals surface area contributed by atoms with Gasteiger partial charge in [0, 0.05) is 0 Å². The van der Waals surface area contributed by atoms with Crippen molar-refractivity contribution in [1.29, 1.82) is 0 Å². The van der Waals surface area contributed by atoms with Crippen LogP contribution >= 0.6 is 0 Å². The molecule has 0 aromatic carbocycles. The Labute approximate surface area is 41.8 Å². The molecular formula is C2H5OZr. The van der Waals surface area contributed by atoms with E-state index < -0.39 is 0 Å². The quantitative estimate of drug-likeness (QED) is 0.509. The van der Waals surface area contributed by atoms with Crippen LogP contribution in [-0.4, -0.2) is 6.61 Å². The Kier molecular flexibility index (Phi) is 4.65. The summed E-state index contributed by atoms with van der Waals surface area (Å²) in [7, 11) is 0. The fourth-order valence-electron chi connectivity index (χ4n) is 0. The van der Waals surface area contributed by atoms with Crippen LogP contribution in [0.2, 0.25) is 0 Å². The van der Waals surface area contributed by atoms with Crippen LogP contribution in [0.25, 0.3) is 0 Å². The Bertz CT molecular complexity index is 8.00. The van der Waals surface area contributed by atoms with Crippen LogP contribution < -0.4 is 0 Å². The summed E-state index contributed by atoms with van der Waals surface area (Å²) in [6, 6.07) is 0. The van der Waals surface area contributed by atoms with E-state index in [1.807, 2.05) is 6.92 Å². The molecule has 4 heavy (non-hydrogen) atoms. The molecule has 2 heteroatoms. The van der Waals surface area contributed by atoms with Gasteiger partial charge in [-0.05, 0) is 0 Å². The summed E-state index contributed by atoms with van der Waals surface area (Å²) in [6.07, 6.45) is 0. The zero-order chi connectivity index (χ0) is 3.41. The summed E-state index contributed by atoms with van der Waals surface area (Å²) < 4.78 is 4.63. The van der Waals surface area contributed by atoms with E-state index in [9.17, 15) is 0 Å². The summed E-state index contributed by atoms with van der Waals surface area (Å²) in [6.45, 7) is 2.84. The maximum absolute atomic E-state index is 4.63. The Hall–Kier alpha value is 0.843. The van der Waals surface area contributed by atoms with Crippen molar-refractivity contribution in [2.24, 2.45) is 0 Å². The van der Waals surface area contributed by atoms with Crippen molar-refractivity contribution >= 4 is 0 Å². The molecule has 0 saturated carbocycles. The van der Waals surface area contributed by atoms with Gasteiger partial charge >= 0.3 is 41.5 Å². The van der Waals surface area contributed by atoms with Gasteiger partial charge in [0.2, 0.25) is 0 Å². The Balaban J connectivity index is 1.97. The van der Waals surface area contributed by atoms with E-state index in [1.165, 1.54) is 25.2 Å². The van der Waals surface area contributed by atoms with E-state index in [2.05, 4.69) is 2.81 Å². The molecule has 0 heterocycles. The molecule has 0 aromatic heterocycles. The minimum atomic E-state index is 0.859. The van der Waals surface area contributed by atoms with Crippen molar-refractivity contribution in [2.75, 3.05) is 6.61 Å². The molecule has 0 radical (unpaired) electrons. The SMILES string of the molecule is CC[O][Zr]. The summed E-state index contributed by atoms with van der Waals surface area (Å²) in [5.41, 5.74) is 0. The van der Waals surface area contributed by atoms with Gasteiger partial charge < -0.3 is 0 Å². The van der Waals surface area contributed by atoms with E-state index in [0.717, 1.165) is 6.61 Å². The molecular weight excluding hydrogens is 131 g/mol. The summed E-state index contributed by atoms with van der Waals surface area (Å²) in [5.74, 6) is 0. The number of hydrogen-bond acceptors (Lipinski definition) is 1. The predicted molar refractivity (Wildman–Crippen MR) is 11.6 cm³/mol. The van der Waals surface area contributed by atoms with E-state index in [0.29, 0.717) is 0 Å². The molecule has 0 bridgehead atoms. The molecule has 0 aliphatic rings. The minimum absolute atomic E-state index is 0.859. The fraction of sp³-hybridized carbons (Fsp3) is 1.00. The Morgan fingerprint density at radius 2 is 2.25 bits per heavy atom. The van der Waals surface area contributed by atoms with Gasteiger partial charge in [-0.2, -0.15) is 0 Å². The van der Waals surface area contributed by atoms with Crippen LogP contribution in [0.5, 0.6) is 0 Å². The van der Waals surface area contributed by atoms with Crippen LogP contribution in [0.15, 0.2) is 0 Å². The molecule has 23 valence electrons. The summed E-state index contributed by atoms with van der Waals surface area (Å²) in [5, 5.41) is 0. The van der Waals surface area contributed by atoms with E-state index in [1.54, 1.807) is 0 Å². The van der Waals surface area contributed by atoms with E-state index in [4.69, 9.17) is 0 Å². The normalized spacial score (nSPS) is 7.00. The molecule has 0 aliphatic carbocycles. The molecule has 0 fully saturated rings. The Morgan fingerprint density at radius 3 is 2.25 bits per heavy atom. The third-order valence-corrected chi connectivity index (χ3v) is 0.854.